The van der Waals surface area contributed by atoms with E-state index in [4.69, 9.17) is 53.8 Å². The molecular weight excluding hydrogens is 561 g/mol. The number of carbonyl (C=O) groups excluding carboxylic acids is 2. The van der Waals surface area contributed by atoms with Crippen LogP contribution in [0.15, 0.2) is 53.4 Å². The average molecular weight is 579 g/mol. The average Bonchev–Trinajstić information content (AvgIpc) is 3.43. The summed E-state index contributed by atoms with van der Waals surface area (Å²) in [6, 6.07) is 13.7. The van der Waals surface area contributed by atoms with Crippen LogP contribution in [0.2, 0.25) is 15.1 Å². The molecule has 7 nitrogen and oxygen atoms in total. The Morgan fingerprint density at radius 1 is 1.00 bits per heavy atom. The minimum atomic E-state index is -0.446. The molecule has 0 unspecified atom stereocenters. The third kappa shape index (κ3) is 5.33. The number of hydrogen-bond acceptors (Lipinski definition) is 7. The molecular formula is C26H18Cl3NO6S. The van der Waals surface area contributed by atoms with Crippen molar-refractivity contribution in [3.8, 4) is 23.0 Å². The largest absolute Gasteiger partial charge is 0.493 e. The second kappa shape index (κ2) is 10.8. The van der Waals surface area contributed by atoms with Crippen LogP contribution in [0.5, 0.6) is 23.0 Å². The summed E-state index contributed by atoms with van der Waals surface area (Å²) in [5.41, 5.74) is 1.86. The molecule has 0 N–H and O–H groups in total. The van der Waals surface area contributed by atoms with Crippen LogP contribution < -0.4 is 18.9 Å². The van der Waals surface area contributed by atoms with Gasteiger partial charge >= 0.3 is 0 Å². The number of imide groups is 1. The van der Waals surface area contributed by atoms with Gasteiger partial charge in [-0.05, 0) is 47.7 Å². The van der Waals surface area contributed by atoms with E-state index >= 15 is 0 Å². The molecule has 0 radical (unpaired) electrons. The van der Waals surface area contributed by atoms with Crippen molar-refractivity contribution in [1.29, 1.82) is 0 Å². The van der Waals surface area contributed by atoms with E-state index in [1.54, 1.807) is 54.6 Å². The van der Waals surface area contributed by atoms with Gasteiger partial charge in [-0.1, -0.05) is 53.0 Å². The van der Waals surface area contributed by atoms with E-state index in [1.807, 2.05) is 0 Å². The molecule has 0 atom stereocenters. The monoisotopic (exact) mass is 577 g/mol. The van der Waals surface area contributed by atoms with Crippen LogP contribution in [0.1, 0.15) is 16.7 Å². The van der Waals surface area contributed by atoms with Crippen molar-refractivity contribution >= 4 is 63.8 Å². The van der Waals surface area contributed by atoms with Crippen LogP contribution in [0.25, 0.3) is 6.08 Å². The molecule has 3 aromatic rings. The number of ether oxygens (including phenoxy) is 4. The van der Waals surface area contributed by atoms with Crippen LogP contribution in [0, 0.1) is 0 Å². The summed E-state index contributed by atoms with van der Waals surface area (Å²) >= 11 is 19.5. The molecule has 0 saturated carbocycles. The lowest BCUT2D eigenvalue weighted by Gasteiger charge is -2.15. The lowest BCUT2D eigenvalue weighted by molar-refractivity contribution is -0.123. The van der Waals surface area contributed by atoms with Crippen LogP contribution in [-0.4, -0.2) is 29.9 Å². The summed E-state index contributed by atoms with van der Waals surface area (Å²) in [5, 5.41) is 0.941. The molecule has 2 aliphatic rings. The molecule has 190 valence electrons. The molecule has 0 aromatic heterocycles. The Morgan fingerprint density at radius 2 is 1.76 bits per heavy atom. The van der Waals surface area contributed by atoms with E-state index in [0.717, 1.165) is 22.2 Å². The maximum Gasteiger partial charge on any atom is 0.293 e. The first-order chi connectivity index (χ1) is 17.8. The number of rotatable bonds is 7. The fraction of sp³-hybridized carbons (Fsp3) is 0.154. The Kier molecular flexibility index (Phi) is 7.44. The second-order valence-electron chi connectivity index (χ2n) is 7.97. The molecule has 11 heteroatoms. The van der Waals surface area contributed by atoms with E-state index in [9.17, 15) is 9.59 Å². The number of para-hydroxylation sites is 1. The minimum Gasteiger partial charge on any atom is -0.493 e. The Hall–Kier alpha value is -3.04. The normalized spacial score (nSPS) is 15.6. The van der Waals surface area contributed by atoms with Gasteiger partial charge in [-0.15, -0.1) is 0 Å². The quantitative estimate of drug-likeness (QED) is 0.275. The van der Waals surface area contributed by atoms with Crippen molar-refractivity contribution in [3.05, 3.63) is 85.2 Å². The molecule has 1 fully saturated rings. The number of hydrogen-bond donors (Lipinski definition) is 0. The van der Waals surface area contributed by atoms with Gasteiger partial charge in [0.2, 0.25) is 6.79 Å². The van der Waals surface area contributed by atoms with Crippen molar-refractivity contribution in [2.24, 2.45) is 0 Å². The zero-order valence-electron chi connectivity index (χ0n) is 19.3. The Labute approximate surface area is 231 Å². The van der Waals surface area contributed by atoms with Crippen LogP contribution in [-0.2, 0) is 17.9 Å². The third-order valence-electron chi connectivity index (χ3n) is 5.65. The van der Waals surface area contributed by atoms with Crippen LogP contribution in [0.4, 0.5) is 4.79 Å². The first kappa shape index (κ1) is 25.6. The number of amides is 2. The van der Waals surface area contributed by atoms with Crippen molar-refractivity contribution < 1.29 is 28.5 Å². The minimum absolute atomic E-state index is 0.00594. The molecule has 37 heavy (non-hydrogen) atoms. The first-order valence-electron chi connectivity index (χ1n) is 10.9. The van der Waals surface area contributed by atoms with Crippen LogP contribution in [0.3, 0.4) is 0 Å². The molecule has 3 aromatic carbocycles. The third-order valence-corrected chi connectivity index (χ3v) is 7.49. The summed E-state index contributed by atoms with van der Waals surface area (Å²) in [5.74, 6) is 1.46. The maximum absolute atomic E-state index is 13.2. The Balaban J connectivity index is 1.39. The van der Waals surface area contributed by atoms with Gasteiger partial charge in [0.25, 0.3) is 11.1 Å². The summed E-state index contributed by atoms with van der Waals surface area (Å²) in [7, 11) is 1.52. The standard InChI is InChI=1S/C26H18Cl3NO6S/c1-33-20-4-2-3-14(24(20)34-12-15-5-6-17(27)9-18(15)28)8-23-25(31)30(26(32)37-23)11-16-7-21-22(10-19(16)29)36-13-35-21/h2-10H,11-13H2,1H3/b23-8+. The highest BCUT2D eigenvalue weighted by atomic mass is 35.5. The van der Waals surface area contributed by atoms with Gasteiger partial charge < -0.3 is 18.9 Å². The zero-order chi connectivity index (χ0) is 26.1. The van der Waals surface area contributed by atoms with Gasteiger partial charge in [-0.3, -0.25) is 14.5 Å². The topological polar surface area (TPSA) is 74.3 Å². The summed E-state index contributed by atoms with van der Waals surface area (Å²) in [6.07, 6.45) is 1.60. The van der Waals surface area contributed by atoms with Gasteiger partial charge in [-0.2, -0.15) is 0 Å². The van der Waals surface area contributed by atoms with Crippen molar-refractivity contribution in [2.75, 3.05) is 13.9 Å². The first-order valence-corrected chi connectivity index (χ1v) is 12.9. The fourth-order valence-electron chi connectivity index (χ4n) is 3.78. The molecule has 2 heterocycles. The number of benzene rings is 3. The number of carbonyl (C=O) groups is 2. The Morgan fingerprint density at radius 3 is 2.51 bits per heavy atom. The summed E-state index contributed by atoms with van der Waals surface area (Å²) < 4.78 is 22.2. The van der Waals surface area contributed by atoms with Gasteiger partial charge in [-0.25, -0.2) is 0 Å². The lowest BCUT2D eigenvalue weighted by atomic mass is 10.1. The van der Waals surface area contributed by atoms with E-state index < -0.39 is 11.1 Å². The molecule has 1 saturated heterocycles. The highest BCUT2D eigenvalue weighted by molar-refractivity contribution is 8.18. The second-order valence-corrected chi connectivity index (χ2v) is 10.2. The number of fused-ring (bicyclic) bond motifs is 1. The predicted molar refractivity (Wildman–Crippen MR) is 143 cm³/mol. The molecule has 2 amide bonds. The Bertz CT molecular complexity index is 1440. The SMILES string of the molecule is COc1cccc(/C=C2/SC(=O)N(Cc3cc4c(cc3Cl)OCO4)C2=O)c1OCc1ccc(Cl)cc1Cl. The molecule has 0 aliphatic carbocycles. The summed E-state index contributed by atoms with van der Waals surface area (Å²) in [6.45, 7) is 0.226. The van der Waals surface area contributed by atoms with Crippen molar-refractivity contribution in [2.45, 2.75) is 13.2 Å². The molecule has 0 bridgehead atoms. The zero-order valence-corrected chi connectivity index (χ0v) is 22.3. The number of thioether (sulfide) groups is 1. The smallest absolute Gasteiger partial charge is 0.293 e. The maximum atomic E-state index is 13.2. The van der Waals surface area contributed by atoms with Gasteiger partial charge in [0.15, 0.2) is 23.0 Å². The number of nitrogens with zero attached hydrogens (tertiary/aromatic N) is 1. The van der Waals surface area contributed by atoms with Crippen molar-refractivity contribution in [3.63, 3.8) is 0 Å². The molecule has 5 rings (SSSR count). The van der Waals surface area contributed by atoms with Gasteiger partial charge in [0.1, 0.15) is 6.61 Å². The van der Waals surface area contributed by atoms with Gasteiger partial charge in [0.05, 0.1) is 18.6 Å². The number of halogens is 3. The lowest BCUT2D eigenvalue weighted by Crippen LogP contribution is -2.27. The predicted octanol–water partition coefficient (Wildman–Crippen LogP) is 7.20. The van der Waals surface area contributed by atoms with Gasteiger partial charge in [0, 0.05) is 32.3 Å². The highest BCUT2D eigenvalue weighted by Gasteiger charge is 2.36. The van der Waals surface area contributed by atoms with E-state index in [0.29, 0.717) is 49.2 Å². The number of methoxy groups -OCH3 is 1. The molecule has 0 spiro atoms. The van der Waals surface area contributed by atoms with Crippen molar-refractivity contribution in [1.82, 2.24) is 4.90 Å². The van der Waals surface area contributed by atoms with Crippen LogP contribution >= 0.6 is 46.6 Å². The molecule has 2 aliphatic heterocycles. The van der Waals surface area contributed by atoms with E-state index in [2.05, 4.69) is 0 Å². The van der Waals surface area contributed by atoms with E-state index in [-0.39, 0.29) is 24.8 Å². The van der Waals surface area contributed by atoms with E-state index in [1.165, 1.54) is 7.11 Å². The highest BCUT2D eigenvalue weighted by Crippen LogP contribution is 2.41. The fourth-order valence-corrected chi connectivity index (χ4v) is 5.28. The summed E-state index contributed by atoms with van der Waals surface area (Å²) in [4.78, 5) is 27.3.